The number of hydrogen-bond acceptors (Lipinski definition) is 4. The standard InChI is InChI=1S/C20H24FNO5/c1-2-9-22-15(7-8-16(23)11-17(24)12-19(25)26)10-18(20(22)27)13-3-5-14(21)6-4-13/h3-8,15,17-18,24H,2,9-12H2,1H3,(H,25,26)/t15?,17-,18?/m1/s1. The van der Waals surface area contributed by atoms with Crippen LogP contribution in [0.5, 0.6) is 0 Å². The van der Waals surface area contributed by atoms with Gasteiger partial charge in [0.25, 0.3) is 0 Å². The third-order valence-corrected chi connectivity index (χ3v) is 4.55. The molecule has 27 heavy (non-hydrogen) atoms. The highest BCUT2D eigenvalue weighted by Gasteiger charge is 2.38. The lowest BCUT2D eigenvalue weighted by Gasteiger charge is -2.21. The Hall–Kier alpha value is -2.54. The molecule has 0 saturated carbocycles. The van der Waals surface area contributed by atoms with Crippen LogP contribution in [-0.4, -0.2) is 51.5 Å². The molecule has 7 heteroatoms. The summed E-state index contributed by atoms with van der Waals surface area (Å²) >= 11 is 0. The van der Waals surface area contributed by atoms with Crippen molar-refractivity contribution in [3.63, 3.8) is 0 Å². The summed E-state index contributed by atoms with van der Waals surface area (Å²) in [5.74, 6) is -2.37. The number of ketones is 1. The Morgan fingerprint density at radius 3 is 2.56 bits per heavy atom. The maximum atomic E-state index is 13.1. The number of carboxylic acid groups (broad SMARTS) is 1. The Balaban J connectivity index is 2.07. The maximum absolute atomic E-state index is 13.1. The van der Waals surface area contributed by atoms with Crippen LogP contribution in [0.2, 0.25) is 0 Å². The second-order valence-corrected chi connectivity index (χ2v) is 6.72. The number of rotatable bonds is 9. The van der Waals surface area contributed by atoms with Crippen LogP contribution in [0.15, 0.2) is 36.4 Å². The van der Waals surface area contributed by atoms with Crippen LogP contribution in [0.3, 0.4) is 0 Å². The molecule has 1 aliphatic rings. The number of halogens is 1. The van der Waals surface area contributed by atoms with Gasteiger partial charge in [0, 0.05) is 13.0 Å². The smallest absolute Gasteiger partial charge is 0.305 e. The van der Waals surface area contributed by atoms with Gasteiger partial charge in [-0.25, -0.2) is 4.39 Å². The van der Waals surface area contributed by atoms with E-state index in [-0.39, 0.29) is 30.1 Å². The van der Waals surface area contributed by atoms with Crippen LogP contribution in [0.25, 0.3) is 0 Å². The number of benzene rings is 1. The minimum Gasteiger partial charge on any atom is -0.481 e. The molecular formula is C20H24FNO5. The third kappa shape index (κ3) is 5.72. The van der Waals surface area contributed by atoms with Gasteiger partial charge in [0.1, 0.15) is 5.82 Å². The molecular weight excluding hydrogens is 353 g/mol. The van der Waals surface area contributed by atoms with Gasteiger partial charge < -0.3 is 15.1 Å². The van der Waals surface area contributed by atoms with Gasteiger partial charge in [-0.3, -0.25) is 14.4 Å². The Morgan fingerprint density at radius 2 is 1.96 bits per heavy atom. The average molecular weight is 377 g/mol. The van der Waals surface area contributed by atoms with Crippen molar-refractivity contribution in [3.8, 4) is 0 Å². The number of aliphatic carboxylic acids is 1. The average Bonchev–Trinajstić information content (AvgIpc) is 2.90. The van der Waals surface area contributed by atoms with E-state index in [4.69, 9.17) is 5.11 Å². The molecule has 0 spiro atoms. The first-order valence-electron chi connectivity index (χ1n) is 8.98. The van der Waals surface area contributed by atoms with Crippen LogP contribution in [0.4, 0.5) is 4.39 Å². The van der Waals surface area contributed by atoms with E-state index in [1.807, 2.05) is 6.92 Å². The summed E-state index contributed by atoms with van der Waals surface area (Å²) in [7, 11) is 0. The van der Waals surface area contributed by atoms with Crippen molar-refractivity contribution in [3.05, 3.63) is 47.8 Å². The quantitative estimate of drug-likeness (QED) is 0.644. The summed E-state index contributed by atoms with van der Waals surface area (Å²) < 4.78 is 13.1. The first-order valence-corrected chi connectivity index (χ1v) is 8.98. The van der Waals surface area contributed by atoms with E-state index in [1.165, 1.54) is 18.2 Å². The molecule has 2 rings (SSSR count). The summed E-state index contributed by atoms with van der Waals surface area (Å²) in [6.07, 6.45) is 2.17. The zero-order valence-corrected chi connectivity index (χ0v) is 15.2. The summed E-state index contributed by atoms with van der Waals surface area (Å²) in [5.41, 5.74) is 0.738. The van der Waals surface area contributed by atoms with Crippen LogP contribution >= 0.6 is 0 Å². The number of likely N-dealkylation sites (tertiary alicyclic amines) is 1. The molecule has 1 fully saturated rings. The second kappa shape index (κ2) is 9.41. The number of hydrogen-bond donors (Lipinski definition) is 2. The molecule has 1 amide bonds. The van der Waals surface area contributed by atoms with E-state index in [9.17, 15) is 23.9 Å². The lowest BCUT2D eigenvalue weighted by atomic mass is 9.95. The lowest BCUT2D eigenvalue weighted by molar-refractivity contribution is -0.139. The fourth-order valence-corrected chi connectivity index (χ4v) is 3.30. The molecule has 2 N–H and O–H groups in total. The van der Waals surface area contributed by atoms with Crippen molar-refractivity contribution < 1.29 is 29.0 Å². The van der Waals surface area contributed by atoms with Crippen LogP contribution < -0.4 is 0 Å². The van der Waals surface area contributed by atoms with E-state index in [0.29, 0.717) is 13.0 Å². The predicted molar refractivity (Wildman–Crippen MR) is 96.6 cm³/mol. The number of carboxylic acids is 1. The van der Waals surface area contributed by atoms with E-state index >= 15 is 0 Å². The molecule has 2 unspecified atom stereocenters. The predicted octanol–water partition coefficient (Wildman–Crippen LogP) is 2.27. The first-order chi connectivity index (χ1) is 12.8. The van der Waals surface area contributed by atoms with Gasteiger partial charge in [0.05, 0.1) is 24.5 Å². The van der Waals surface area contributed by atoms with E-state index < -0.39 is 24.3 Å². The SMILES string of the molecule is CCCN1C(=O)C(c2ccc(F)cc2)CC1C=CC(=O)C[C@@H](O)CC(=O)O. The largest absolute Gasteiger partial charge is 0.481 e. The lowest BCUT2D eigenvalue weighted by Crippen LogP contribution is -2.33. The molecule has 1 aromatic carbocycles. The Labute approximate surface area is 157 Å². The minimum atomic E-state index is -1.23. The highest BCUT2D eigenvalue weighted by molar-refractivity contribution is 5.91. The summed E-state index contributed by atoms with van der Waals surface area (Å²) in [4.78, 5) is 36.9. The number of aliphatic hydroxyl groups excluding tert-OH is 1. The van der Waals surface area contributed by atoms with Gasteiger partial charge in [0.2, 0.25) is 5.91 Å². The van der Waals surface area contributed by atoms with Crippen molar-refractivity contribution in [1.82, 2.24) is 4.90 Å². The normalized spacial score (nSPS) is 21.0. The topological polar surface area (TPSA) is 94.9 Å². The molecule has 0 bridgehead atoms. The summed E-state index contributed by atoms with van der Waals surface area (Å²) in [6, 6.07) is 5.57. The zero-order chi connectivity index (χ0) is 20.0. The molecule has 0 radical (unpaired) electrons. The Bertz CT molecular complexity index is 716. The van der Waals surface area contributed by atoms with Crippen LogP contribution in [0, 0.1) is 5.82 Å². The number of nitrogens with zero attached hydrogens (tertiary/aromatic N) is 1. The van der Waals surface area contributed by atoms with Gasteiger partial charge in [-0.05, 0) is 36.6 Å². The van der Waals surface area contributed by atoms with Gasteiger partial charge in [-0.1, -0.05) is 25.1 Å². The number of carbonyl (C=O) groups is 3. The number of allylic oxidation sites excluding steroid dienone is 1. The van der Waals surface area contributed by atoms with Gasteiger partial charge in [0.15, 0.2) is 5.78 Å². The molecule has 146 valence electrons. The molecule has 6 nitrogen and oxygen atoms in total. The van der Waals surface area contributed by atoms with Crippen molar-refractivity contribution in [2.24, 2.45) is 0 Å². The highest BCUT2D eigenvalue weighted by Crippen LogP contribution is 2.34. The van der Waals surface area contributed by atoms with Gasteiger partial charge in [-0.2, -0.15) is 0 Å². The van der Waals surface area contributed by atoms with E-state index in [1.54, 1.807) is 23.1 Å². The van der Waals surface area contributed by atoms with Crippen LogP contribution in [-0.2, 0) is 14.4 Å². The van der Waals surface area contributed by atoms with Gasteiger partial charge >= 0.3 is 5.97 Å². The number of amides is 1. The second-order valence-electron chi connectivity index (χ2n) is 6.72. The third-order valence-electron chi connectivity index (χ3n) is 4.55. The molecule has 1 heterocycles. The van der Waals surface area contributed by atoms with Crippen molar-refractivity contribution in [2.45, 2.75) is 50.7 Å². The van der Waals surface area contributed by atoms with Crippen molar-refractivity contribution in [2.75, 3.05) is 6.54 Å². The Kier molecular flexibility index (Phi) is 7.24. The Morgan fingerprint density at radius 1 is 1.30 bits per heavy atom. The molecule has 3 atom stereocenters. The zero-order valence-electron chi connectivity index (χ0n) is 15.2. The molecule has 1 aromatic rings. The monoisotopic (exact) mass is 377 g/mol. The minimum absolute atomic E-state index is 0.0588. The fourth-order valence-electron chi connectivity index (χ4n) is 3.30. The number of carbonyl (C=O) groups excluding carboxylic acids is 2. The first kappa shape index (κ1) is 20.8. The molecule has 1 aliphatic heterocycles. The summed E-state index contributed by atoms with van der Waals surface area (Å²) in [5, 5.41) is 18.2. The van der Waals surface area contributed by atoms with Crippen LogP contribution in [0.1, 0.15) is 44.1 Å². The summed E-state index contributed by atoms with van der Waals surface area (Å²) in [6.45, 7) is 2.49. The van der Waals surface area contributed by atoms with E-state index in [2.05, 4.69) is 0 Å². The van der Waals surface area contributed by atoms with Crippen molar-refractivity contribution >= 4 is 17.7 Å². The maximum Gasteiger partial charge on any atom is 0.305 e. The van der Waals surface area contributed by atoms with Crippen molar-refractivity contribution in [1.29, 1.82) is 0 Å². The van der Waals surface area contributed by atoms with Gasteiger partial charge in [-0.15, -0.1) is 0 Å². The fraction of sp³-hybridized carbons (Fsp3) is 0.450. The molecule has 1 saturated heterocycles. The van der Waals surface area contributed by atoms with E-state index in [0.717, 1.165) is 12.0 Å². The molecule has 0 aromatic heterocycles. The highest BCUT2D eigenvalue weighted by atomic mass is 19.1. The number of aliphatic hydroxyl groups is 1. The molecule has 0 aliphatic carbocycles.